The molecule has 0 aromatic heterocycles. The summed E-state index contributed by atoms with van der Waals surface area (Å²) in [7, 11) is 0. The smallest absolute Gasteiger partial charge is 0.139 e. The summed E-state index contributed by atoms with van der Waals surface area (Å²) >= 11 is 0. The first-order valence-electron chi connectivity index (χ1n) is 5.92. The van der Waals surface area contributed by atoms with Crippen LogP contribution >= 0.6 is 0 Å². The van der Waals surface area contributed by atoms with Crippen LogP contribution < -0.4 is 11.1 Å². The Morgan fingerprint density at radius 2 is 1.75 bits per heavy atom. The van der Waals surface area contributed by atoms with Crippen LogP contribution in [0.2, 0.25) is 0 Å². The highest BCUT2D eigenvalue weighted by atomic mass is 16.4. The zero-order valence-electron chi connectivity index (χ0n) is 9.58. The van der Waals surface area contributed by atoms with E-state index in [4.69, 9.17) is 10.9 Å². The minimum absolute atomic E-state index is 0.159. The van der Waals surface area contributed by atoms with Gasteiger partial charge in [0.2, 0.25) is 0 Å². The molecular formula is C11H21N3O2. The fraction of sp³-hybridized carbons (Fsp3) is 0.909. The third kappa shape index (κ3) is 2.65. The largest absolute Gasteiger partial charge is 0.409 e. The van der Waals surface area contributed by atoms with Gasteiger partial charge in [0.15, 0.2) is 0 Å². The second-order valence-electron chi connectivity index (χ2n) is 5.53. The van der Waals surface area contributed by atoms with E-state index >= 15 is 0 Å². The molecular weight excluding hydrogens is 206 g/mol. The van der Waals surface area contributed by atoms with Gasteiger partial charge in [0, 0.05) is 31.5 Å². The van der Waals surface area contributed by atoms with E-state index in [0.717, 1.165) is 38.8 Å². The second-order valence-corrected chi connectivity index (χ2v) is 5.53. The quantitative estimate of drug-likeness (QED) is 0.217. The molecule has 0 radical (unpaired) electrons. The molecule has 0 heterocycles. The Balaban J connectivity index is 1.69. The van der Waals surface area contributed by atoms with Crippen LogP contribution in [-0.2, 0) is 0 Å². The average Bonchev–Trinajstić information content (AvgIpc) is 3.17. The predicted octanol–water partition coefficient (Wildman–Crippen LogP) is 0.265. The van der Waals surface area contributed by atoms with Gasteiger partial charge in [-0.25, -0.2) is 0 Å². The third-order valence-electron chi connectivity index (χ3n) is 3.93. The van der Waals surface area contributed by atoms with Gasteiger partial charge < -0.3 is 21.4 Å². The molecule has 0 aromatic carbocycles. The molecule has 0 aliphatic heterocycles. The van der Waals surface area contributed by atoms with Crippen molar-refractivity contribution in [2.45, 2.75) is 32.1 Å². The van der Waals surface area contributed by atoms with E-state index in [2.05, 4.69) is 10.5 Å². The number of nitrogens with two attached hydrogens (primary N) is 1. The minimum atomic E-state index is 0.159. The van der Waals surface area contributed by atoms with Crippen molar-refractivity contribution in [1.82, 2.24) is 5.32 Å². The van der Waals surface area contributed by atoms with Gasteiger partial charge in [0.1, 0.15) is 5.84 Å². The number of rotatable bonds is 7. The van der Waals surface area contributed by atoms with E-state index < -0.39 is 0 Å². The fourth-order valence-electron chi connectivity index (χ4n) is 2.17. The van der Waals surface area contributed by atoms with Crippen LogP contribution in [-0.4, -0.2) is 35.8 Å². The van der Waals surface area contributed by atoms with Gasteiger partial charge in [-0.3, -0.25) is 0 Å². The van der Waals surface area contributed by atoms with Crippen LogP contribution in [0.1, 0.15) is 32.1 Å². The highest BCUT2D eigenvalue weighted by Crippen LogP contribution is 2.49. The standard InChI is InChI=1S/C11H21N3O2/c12-9(14-16)5-10(1-2-10)6-13-7-11(8-15)3-4-11/h13,15-16H,1-8H2,(H2,12,14). The zero-order valence-corrected chi connectivity index (χ0v) is 9.58. The Morgan fingerprint density at radius 3 is 2.19 bits per heavy atom. The summed E-state index contributed by atoms with van der Waals surface area (Å²) in [4.78, 5) is 0. The highest BCUT2D eigenvalue weighted by molar-refractivity contribution is 5.80. The maximum atomic E-state index is 9.17. The Bertz CT molecular complexity index is 283. The van der Waals surface area contributed by atoms with E-state index in [1.54, 1.807) is 0 Å². The van der Waals surface area contributed by atoms with Crippen molar-refractivity contribution in [3.63, 3.8) is 0 Å². The molecule has 5 N–H and O–H groups in total. The number of aliphatic hydroxyl groups is 1. The molecule has 2 fully saturated rings. The number of nitrogens with zero attached hydrogens (tertiary/aromatic N) is 1. The van der Waals surface area contributed by atoms with Crippen molar-refractivity contribution < 1.29 is 10.3 Å². The van der Waals surface area contributed by atoms with Gasteiger partial charge in [-0.05, 0) is 31.1 Å². The number of hydrogen-bond acceptors (Lipinski definition) is 4. The predicted molar refractivity (Wildman–Crippen MR) is 61.3 cm³/mol. The summed E-state index contributed by atoms with van der Waals surface area (Å²) < 4.78 is 0. The third-order valence-corrected chi connectivity index (χ3v) is 3.93. The molecule has 0 unspecified atom stereocenters. The van der Waals surface area contributed by atoms with Gasteiger partial charge >= 0.3 is 0 Å². The Morgan fingerprint density at radius 1 is 1.19 bits per heavy atom. The minimum Gasteiger partial charge on any atom is -0.409 e. The van der Waals surface area contributed by atoms with Crippen molar-refractivity contribution in [3.05, 3.63) is 0 Å². The number of aliphatic hydroxyl groups excluding tert-OH is 1. The van der Waals surface area contributed by atoms with Crippen LogP contribution in [0.4, 0.5) is 0 Å². The van der Waals surface area contributed by atoms with E-state index in [0.29, 0.717) is 12.3 Å². The first-order valence-corrected chi connectivity index (χ1v) is 5.92. The number of oxime groups is 1. The van der Waals surface area contributed by atoms with E-state index in [-0.39, 0.29) is 17.4 Å². The molecule has 2 aliphatic carbocycles. The van der Waals surface area contributed by atoms with Gasteiger partial charge in [-0.1, -0.05) is 5.16 Å². The summed E-state index contributed by atoms with van der Waals surface area (Å²) in [6.07, 6.45) is 5.21. The van der Waals surface area contributed by atoms with E-state index in [1.165, 1.54) is 0 Å². The van der Waals surface area contributed by atoms with Gasteiger partial charge in [-0.15, -0.1) is 0 Å². The Kier molecular flexibility index (Phi) is 3.08. The van der Waals surface area contributed by atoms with Crippen LogP contribution in [0.15, 0.2) is 5.16 Å². The summed E-state index contributed by atoms with van der Waals surface area (Å²) in [5.41, 5.74) is 5.90. The number of nitrogens with one attached hydrogen (secondary N) is 1. The molecule has 92 valence electrons. The van der Waals surface area contributed by atoms with Gasteiger partial charge in [0.05, 0.1) is 0 Å². The van der Waals surface area contributed by atoms with Crippen molar-refractivity contribution in [1.29, 1.82) is 0 Å². The monoisotopic (exact) mass is 227 g/mol. The Labute approximate surface area is 95.7 Å². The SMILES string of the molecule is NC(CC1(CNCC2(CO)CC2)CC1)=NO. The van der Waals surface area contributed by atoms with Gasteiger partial charge in [-0.2, -0.15) is 0 Å². The van der Waals surface area contributed by atoms with Gasteiger partial charge in [0.25, 0.3) is 0 Å². The van der Waals surface area contributed by atoms with E-state index in [1.807, 2.05) is 0 Å². The summed E-state index contributed by atoms with van der Waals surface area (Å²) in [5, 5.41) is 24.2. The van der Waals surface area contributed by atoms with Crippen molar-refractivity contribution in [2.24, 2.45) is 21.7 Å². The van der Waals surface area contributed by atoms with Crippen LogP contribution in [0.3, 0.4) is 0 Å². The molecule has 0 saturated heterocycles. The average molecular weight is 227 g/mol. The lowest BCUT2D eigenvalue weighted by Gasteiger charge is -2.18. The van der Waals surface area contributed by atoms with E-state index in [9.17, 15) is 5.11 Å². The molecule has 0 bridgehead atoms. The van der Waals surface area contributed by atoms with Crippen LogP contribution in [0.5, 0.6) is 0 Å². The first kappa shape index (κ1) is 11.7. The summed E-state index contributed by atoms with van der Waals surface area (Å²) in [6, 6.07) is 0. The molecule has 2 saturated carbocycles. The maximum absolute atomic E-state index is 9.17. The molecule has 2 aliphatic rings. The lowest BCUT2D eigenvalue weighted by Crippen LogP contribution is -2.33. The molecule has 16 heavy (non-hydrogen) atoms. The Hall–Kier alpha value is -0.810. The summed E-state index contributed by atoms with van der Waals surface area (Å²) in [5.74, 6) is 0.322. The summed E-state index contributed by atoms with van der Waals surface area (Å²) in [6.45, 7) is 2.08. The normalized spacial score (nSPS) is 25.4. The first-order chi connectivity index (χ1) is 7.64. The van der Waals surface area contributed by atoms with Crippen molar-refractivity contribution in [3.8, 4) is 0 Å². The molecule has 0 atom stereocenters. The fourth-order valence-corrected chi connectivity index (χ4v) is 2.17. The van der Waals surface area contributed by atoms with Crippen LogP contribution in [0, 0.1) is 10.8 Å². The molecule has 5 nitrogen and oxygen atoms in total. The van der Waals surface area contributed by atoms with Crippen molar-refractivity contribution >= 4 is 5.84 Å². The number of amidine groups is 1. The molecule has 0 aromatic rings. The van der Waals surface area contributed by atoms with Crippen molar-refractivity contribution in [2.75, 3.05) is 19.7 Å². The second kappa shape index (κ2) is 4.22. The lowest BCUT2D eigenvalue weighted by atomic mass is 10.0. The molecule has 5 heteroatoms. The zero-order chi connectivity index (χ0) is 11.6. The topological polar surface area (TPSA) is 90.9 Å². The van der Waals surface area contributed by atoms with Crippen LogP contribution in [0.25, 0.3) is 0 Å². The maximum Gasteiger partial charge on any atom is 0.139 e. The molecule has 2 rings (SSSR count). The number of hydrogen-bond donors (Lipinski definition) is 4. The molecule has 0 spiro atoms. The lowest BCUT2D eigenvalue weighted by molar-refractivity contribution is 0.205. The highest BCUT2D eigenvalue weighted by Gasteiger charge is 2.45. The molecule has 0 amide bonds.